The van der Waals surface area contributed by atoms with Crippen molar-refractivity contribution in [3.8, 4) is 0 Å². The van der Waals surface area contributed by atoms with Crippen LogP contribution in [0.15, 0.2) is 29.6 Å². The Morgan fingerprint density at radius 1 is 1.14 bits per heavy atom. The van der Waals surface area contributed by atoms with E-state index in [0.29, 0.717) is 55.7 Å². The van der Waals surface area contributed by atoms with E-state index >= 15 is 0 Å². The van der Waals surface area contributed by atoms with Gasteiger partial charge in [-0.15, -0.1) is 11.3 Å². The number of hydrogen-bond acceptors (Lipinski definition) is 11. The lowest BCUT2D eigenvalue weighted by Gasteiger charge is -2.37. The third kappa shape index (κ3) is 6.23. The van der Waals surface area contributed by atoms with Crippen molar-refractivity contribution in [3.05, 3.63) is 51.0 Å². The summed E-state index contributed by atoms with van der Waals surface area (Å²) in [6, 6.07) is 5.76. The summed E-state index contributed by atoms with van der Waals surface area (Å²) in [6.45, 7) is 2.02. The summed E-state index contributed by atoms with van der Waals surface area (Å²) in [7, 11) is -3.51. The lowest BCUT2D eigenvalue weighted by molar-refractivity contribution is -0.384. The van der Waals surface area contributed by atoms with Gasteiger partial charge in [-0.25, -0.2) is 9.78 Å². The van der Waals surface area contributed by atoms with Crippen LogP contribution in [0.25, 0.3) is 0 Å². The zero-order valence-electron chi connectivity index (χ0n) is 18.7. The first-order chi connectivity index (χ1) is 16.6. The average molecular weight is 526 g/mol. The number of amides is 2. The first-order valence-electron chi connectivity index (χ1n) is 10.6. The molecule has 0 saturated carbocycles. The van der Waals surface area contributed by atoms with Gasteiger partial charge in [0.15, 0.2) is 5.13 Å². The maximum Gasteiger partial charge on any atom is 0.410 e. The number of benzene rings is 1. The smallest absolute Gasteiger partial charge is 0.410 e. The second-order valence-corrected chi connectivity index (χ2v) is 10.5. The highest BCUT2D eigenvalue weighted by atomic mass is 32.2. The molecule has 2 aliphatic heterocycles. The molecule has 4 rings (SSSR count). The number of aromatic nitrogens is 1. The van der Waals surface area contributed by atoms with E-state index in [1.807, 2.05) is 4.90 Å². The first-order valence-corrected chi connectivity index (χ1v) is 13.3. The van der Waals surface area contributed by atoms with Crippen molar-refractivity contribution in [3.63, 3.8) is 0 Å². The summed E-state index contributed by atoms with van der Waals surface area (Å²) in [5, 5.41) is 13.0. The van der Waals surface area contributed by atoms with Crippen molar-refractivity contribution in [2.75, 3.05) is 50.4 Å². The van der Waals surface area contributed by atoms with Crippen molar-refractivity contribution in [2.24, 2.45) is 0 Å². The predicted octanol–water partition coefficient (Wildman–Crippen LogP) is 1.31. The van der Waals surface area contributed by atoms with E-state index in [0.717, 1.165) is 6.26 Å². The van der Waals surface area contributed by atoms with Crippen molar-refractivity contribution in [1.82, 2.24) is 14.8 Å². The number of piperazine rings is 1. The maximum absolute atomic E-state index is 12.8. The highest BCUT2D eigenvalue weighted by molar-refractivity contribution is 7.86. The molecule has 2 aromatic rings. The second kappa shape index (κ2) is 10.1. The summed E-state index contributed by atoms with van der Waals surface area (Å²) in [5.41, 5.74) is 0.892. The highest BCUT2D eigenvalue weighted by Gasteiger charge is 2.33. The van der Waals surface area contributed by atoms with Gasteiger partial charge in [-0.2, -0.15) is 8.42 Å². The molecule has 1 aromatic heterocycles. The minimum atomic E-state index is -3.51. The number of hydrogen-bond donors (Lipinski definition) is 0. The van der Waals surface area contributed by atoms with Crippen LogP contribution < -0.4 is 4.90 Å². The predicted molar refractivity (Wildman–Crippen MR) is 125 cm³/mol. The topological polar surface area (TPSA) is 152 Å². The van der Waals surface area contributed by atoms with E-state index in [1.165, 1.54) is 40.5 Å². The number of anilines is 1. The van der Waals surface area contributed by atoms with E-state index in [-0.39, 0.29) is 18.2 Å². The van der Waals surface area contributed by atoms with Crippen molar-refractivity contribution >= 4 is 44.3 Å². The van der Waals surface area contributed by atoms with Gasteiger partial charge in [0.05, 0.1) is 11.2 Å². The molecule has 2 fully saturated rings. The second-order valence-electron chi connectivity index (χ2n) is 8.10. The molecule has 13 nitrogen and oxygen atoms in total. The highest BCUT2D eigenvalue weighted by Crippen LogP contribution is 2.27. The molecule has 15 heteroatoms. The number of nitrogens with zero attached hydrogens (tertiary/aromatic N) is 5. The number of thiazole rings is 1. The van der Waals surface area contributed by atoms with Crippen LogP contribution in [-0.4, -0.2) is 91.8 Å². The van der Waals surface area contributed by atoms with Crippen molar-refractivity contribution in [2.45, 2.75) is 12.7 Å². The Balaban J connectivity index is 1.22. The summed E-state index contributed by atoms with van der Waals surface area (Å²) in [5.74, 6) is -0.240. The van der Waals surface area contributed by atoms with E-state index < -0.39 is 27.2 Å². The molecule has 35 heavy (non-hydrogen) atoms. The molecule has 2 aliphatic rings. The van der Waals surface area contributed by atoms with E-state index in [4.69, 9.17) is 8.92 Å². The standard InChI is InChI=1S/C20H23N5O8S2/c1-35(30,31)33-16-10-24(11-16)19-21-17(13-34-19)18(26)22-6-8-23(9-7-22)20(27)32-12-14-2-4-15(5-3-14)25(28)29/h2-5,13,16H,6-12H2,1H3. The van der Waals surface area contributed by atoms with Crippen LogP contribution in [0.1, 0.15) is 16.1 Å². The molecule has 1 aromatic carbocycles. The first kappa shape index (κ1) is 24.8. The van der Waals surface area contributed by atoms with E-state index in [2.05, 4.69) is 4.98 Å². The van der Waals surface area contributed by atoms with Crippen LogP contribution in [-0.2, 0) is 25.6 Å². The summed E-state index contributed by atoms with van der Waals surface area (Å²) in [4.78, 5) is 44.7. The van der Waals surface area contributed by atoms with Gasteiger partial charge in [0.25, 0.3) is 21.7 Å². The van der Waals surface area contributed by atoms with Crippen LogP contribution in [0.2, 0.25) is 0 Å². The molecule has 0 bridgehead atoms. The molecule has 0 atom stereocenters. The van der Waals surface area contributed by atoms with Crippen molar-refractivity contribution in [1.29, 1.82) is 0 Å². The minimum absolute atomic E-state index is 0.00977. The number of non-ortho nitro benzene ring substituents is 1. The Bertz CT molecular complexity index is 1200. The van der Waals surface area contributed by atoms with Gasteiger partial charge in [-0.3, -0.25) is 19.1 Å². The Labute approximate surface area is 205 Å². The molecule has 0 unspecified atom stereocenters. The lowest BCUT2D eigenvalue weighted by atomic mass is 10.2. The van der Waals surface area contributed by atoms with Crippen LogP contribution in [0.5, 0.6) is 0 Å². The van der Waals surface area contributed by atoms with Gasteiger partial charge in [0, 0.05) is 56.8 Å². The molecule has 3 heterocycles. The molecule has 0 spiro atoms. The molecule has 2 amide bonds. The largest absolute Gasteiger partial charge is 0.445 e. The average Bonchev–Trinajstić information content (AvgIpc) is 3.28. The van der Waals surface area contributed by atoms with Gasteiger partial charge in [0.2, 0.25) is 0 Å². The number of nitro benzene ring substituents is 1. The molecule has 188 valence electrons. The summed E-state index contributed by atoms with van der Waals surface area (Å²) >= 11 is 1.30. The van der Waals surface area contributed by atoms with E-state index in [9.17, 15) is 28.1 Å². The SMILES string of the molecule is CS(=O)(=O)OC1CN(c2nc(C(=O)N3CCN(C(=O)OCc4ccc([N+](=O)[O-])cc4)CC3)cs2)C1. The lowest BCUT2D eigenvalue weighted by Crippen LogP contribution is -2.53. The molecule has 2 saturated heterocycles. The molecule has 0 radical (unpaired) electrons. The van der Waals surface area contributed by atoms with Gasteiger partial charge >= 0.3 is 6.09 Å². The Morgan fingerprint density at radius 3 is 2.37 bits per heavy atom. The number of nitro groups is 1. The summed E-state index contributed by atoms with van der Waals surface area (Å²) < 4.78 is 32.6. The zero-order chi connectivity index (χ0) is 25.2. The zero-order valence-corrected chi connectivity index (χ0v) is 20.4. The summed E-state index contributed by atoms with van der Waals surface area (Å²) in [6.07, 6.45) is 0.0742. The van der Waals surface area contributed by atoms with Gasteiger partial charge in [-0.05, 0) is 17.7 Å². The number of carbonyl (C=O) groups is 2. The third-order valence-electron chi connectivity index (χ3n) is 5.48. The third-order valence-corrected chi connectivity index (χ3v) is 7.00. The van der Waals surface area contributed by atoms with Crippen molar-refractivity contribution < 1.29 is 31.9 Å². The normalized spacial score (nSPS) is 16.7. The van der Waals surface area contributed by atoms with Crippen LogP contribution in [0, 0.1) is 10.1 Å². The molecular weight excluding hydrogens is 502 g/mol. The molecular formula is C20H23N5O8S2. The van der Waals surface area contributed by atoms with Gasteiger partial charge < -0.3 is 19.4 Å². The Kier molecular flexibility index (Phi) is 7.18. The Hall–Kier alpha value is -3.30. The quantitative estimate of drug-likeness (QED) is 0.294. The minimum Gasteiger partial charge on any atom is -0.445 e. The fourth-order valence-electron chi connectivity index (χ4n) is 3.61. The maximum atomic E-state index is 12.8. The fraction of sp³-hybridized carbons (Fsp3) is 0.450. The van der Waals surface area contributed by atoms with Gasteiger partial charge in [-0.1, -0.05) is 0 Å². The Morgan fingerprint density at radius 2 is 1.77 bits per heavy atom. The number of carbonyl (C=O) groups excluding carboxylic acids is 2. The van der Waals surface area contributed by atoms with Gasteiger partial charge in [0.1, 0.15) is 18.4 Å². The molecule has 0 N–H and O–H groups in total. The van der Waals surface area contributed by atoms with Crippen LogP contribution >= 0.6 is 11.3 Å². The fourth-order valence-corrected chi connectivity index (χ4v) is 5.05. The monoisotopic (exact) mass is 525 g/mol. The van der Waals surface area contributed by atoms with Crippen LogP contribution in [0.4, 0.5) is 15.6 Å². The molecule has 0 aliphatic carbocycles. The van der Waals surface area contributed by atoms with Crippen LogP contribution in [0.3, 0.4) is 0 Å². The number of rotatable bonds is 7. The van der Waals surface area contributed by atoms with E-state index in [1.54, 1.807) is 10.3 Å². The number of ether oxygens (including phenoxy) is 1.